The van der Waals surface area contributed by atoms with Crippen molar-refractivity contribution >= 4 is 21.9 Å². The quantitative estimate of drug-likeness (QED) is 0.595. The lowest BCUT2D eigenvalue weighted by atomic mass is 10.2. The van der Waals surface area contributed by atoms with E-state index in [1.54, 1.807) is 0 Å². The van der Waals surface area contributed by atoms with Crippen molar-refractivity contribution in [2.75, 3.05) is 39.0 Å². The van der Waals surface area contributed by atoms with E-state index in [1.807, 2.05) is 0 Å². The van der Waals surface area contributed by atoms with Crippen molar-refractivity contribution < 1.29 is 45.4 Å². The normalized spacial score (nSPS) is 19.8. The standard InChI is InChI=1S/C11H16F4N2O6S/c1-24(21,22)17(6-8(18)19)5-7-4-16(2-3-23-7)10(20)11(14,15)9(12)13/h7,9H,2-6H2,1H3,(H,18,19). The molecule has 0 saturated carbocycles. The van der Waals surface area contributed by atoms with E-state index in [-0.39, 0.29) is 13.2 Å². The van der Waals surface area contributed by atoms with Gasteiger partial charge in [-0.2, -0.15) is 13.1 Å². The highest BCUT2D eigenvalue weighted by molar-refractivity contribution is 7.88. The number of morpholine rings is 1. The van der Waals surface area contributed by atoms with Crippen LogP contribution in [-0.2, 0) is 24.3 Å². The van der Waals surface area contributed by atoms with E-state index in [9.17, 15) is 35.6 Å². The maximum absolute atomic E-state index is 13.1. The third-order valence-electron chi connectivity index (χ3n) is 3.17. The number of alkyl halides is 4. The van der Waals surface area contributed by atoms with Gasteiger partial charge in [-0.05, 0) is 0 Å². The fourth-order valence-corrected chi connectivity index (χ4v) is 2.80. The molecular weight excluding hydrogens is 364 g/mol. The van der Waals surface area contributed by atoms with E-state index >= 15 is 0 Å². The number of aliphatic carboxylic acids is 1. The molecule has 1 rings (SSSR count). The molecule has 1 atom stereocenters. The van der Waals surface area contributed by atoms with Crippen LogP contribution in [0.3, 0.4) is 0 Å². The highest BCUT2D eigenvalue weighted by Crippen LogP contribution is 2.26. The van der Waals surface area contributed by atoms with Gasteiger partial charge < -0.3 is 14.7 Å². The smallest absolute Gasteiger partial charge is 0.383 e. The van der Waals surface area contributed by atoms with E-state index in [4.69, 9.17) is 9.84 Å². The molecule has 0 spiro atoms. The maximum Gasteiger partial charge on any atom is 0.383 e. The molecule has 1 saturated heterocycles. The molecule has 1 heterocycles. The molecule has 0 aromatic carbocycles. The number of carbonyl (C=O) groups is 2. The van der Waals surface area contributed by atoms with Crippen LogP contribution < -0.4 is 0 Å². The van der Waals surface area contributed by atoms with Crippen molar-refractivity contribution in [3.05, 3.63) is 0 Å². The number of carboxylic acids is 1. The maximum atomic E-state index is 13.1. The van der Waals surface area contributed by atoms with Crippen LogP contribution in [0.1, 0.15) is 0 Å². The number of hydrogen-bond acceptors (Lipinski definition) is 5. The zero-order valence-corrected chi connectivity index (χ0v) is 13.3. The third-order valence-corrected chi connectivity index (χ3v) is 4.39. The summed E-state index contributed by atoms with van der Waals surface area (Å²) in [4.78, 5) is 22.6. The lowest BCUT2D eigenvalue weighted by molar-refractivity contribution is -0.186. The molecule has 0 radical (unpaired) electrons. The Hall–Kier alpha value is -1.47. The van der Waals surface area contributed by atoms with Crippen LogP contribution in [0, 0.1) is 0 Å². The average Bonchev–Trinajstić information content (AvgIpc) is 2.44. The predicted molar refractivity (Wildman–Crippen MR) is 71.3 cm³/mol. The van der Waals surface area contributed by atoms with Gasteiger partial charge in [-0.1, -0.05) is 0 Å². The van der Waals surface area contributed by atoms with Gasteiger partial charge in [0.2, 0.25) is 10.0 Å². The van der Waals surface area contributed by atoms with Crippen molar-refractivity contribution in [2.24, 2.45) is 0 Å². The summed E-state index contributed by atoms with van der Waals surface area (Å²) in [6, 6.07) is 0. The number of ether oxygens (including phenoxy) is 1. The Labute approximate surface area is 135 Å². The van der Waals surface area contributed by atoms with Gasteiger partial charge in [0.05, 0.1) is 19.0 Å². The summed E-state index contributed by atoms with van der Waals surface area (Å²) in [5, 5.41) is 8.69. The minimum absolute atomic E-state index is 0.277. The van der Waals surface area contributed by atoms with Crippen LogP contribution in [0.4, 0.5) is 17.6 Å². The lowest BCUT2D eigenvalue weighted by Crippen LogP contribution is -2.56. The molecule has 1 aliphatic rings. The molecule has 0 aliphatic carbocycles. The zero-order valence-electron chi connectivity index (χ0n) is 12.5. The van der Waals surface area contributed by atoms with E-state index in [2.05, 4.69) is 0 Å². The summed E-state index contributed by atoms with van der Waals surface area (Å²) in [6.45, 7) is -2.61. The average molecular weight is 380 g/mol. The molecule has 24 heavy (non-hydrogen) atoms. The minimum atomic E-state index is -4.86. The van der Waals surface area contributed by atoms with Crippen LogP contribution in [0.25, 0.3) is 0 Å². The summed E-state index contributed by atoms with van der Waals surface area (Å²) >= 11 is 0. The highest BCUT2D eigenvalue weighted by Gasteiger charge is 2.51. The molecule has 8 nitrogen and oxygen atoms in total. The lowest BCUT2D eigenvalue weighted by Gasteiger charge is -2.36. The number of amides is 1. The molecule has 1 unspecified atom stereocenters. The molecule has 0 aromatic heterocycles. The second-order valence-corrected chi connectivity index (χ2v) is 7.10. The van der Waals surface area contributed by atoms with E-state index in [0.29, 0.717) is 9.21 Å². The first kappa shape index (κ1) is 20.6. The van der Waals surface area contributed by atoms with Gasteiger partial charge in [-0.3, -0.25) is 9.59 Å². The minimum Gasteiger partial charge on any atom is -0.480 e. The van der Waals surface area contributed by atoms with Gasteiger partial charge in [-0.15, -0.1) is 0 Å². The van der Waals surface area contributed by atoms with Gasteiger partial charge in [0, 0.05) is 19.6 Å². The molecule has 13 heteroatoms. The molecule has 1 fully saturated rings. The zero-order chi connectivity index (χ0) is 18.7. The van der Waals surface area contributed by atoms with Gasteiger partial charge in [0.25, 0.3) is 5.91 Å². The van der Waals surface area contributed by atoms with Crippen molar-refractivity contribution in [2.45, 2.75) is 18.5 Å². The number of sulfonamides is 1. The van der Waals surface area contributed by atoms with Crippen LogP contribution in [-0.4, -0.2) is 92.1 Å². The van der Waals surface area contributed by atoms with Crippen molar-refractivity contribution in [3.63, 3.8) is 0 Å². The summed E-state index contributed by atoms with van der Waals surface area (Å²) < 4.78 is 79.4. The number of rotatable bonds is 7. The molecular formula is C11H16F4N2O6S. The van der Waals surface area contributed by atoms with Gasteiger partial charge in [0.1, 0.15) is 6.54 Å². The Balaban J connectivity index is 2.81. The first-order chi connectivity index (χ1) is 10.9. The summed E-state index contributed by atoms with van der Waals surface area (Å²) in [6.07, 6.45) is -4.55. The molecule has 0 bridgehead atoms. The number of carboxylic acid groups (broad SMARTS) is 1. The fourth-order valence-electron chi connectivity index (χ4n) is 2.01. The first-order valence-electron chi connectivity index (χ1n) is 6.59. The van der Waals surface area contributed by atoms with E-state index < -0.39 is 60.0 Å². The molecule has 0 aromatic rings. The van der Waals surface area contributed by atoms with Crippen LogP contribution >= 0.6 is 0 Å². The fraction of sp³-hybridized carbons (Fsp3) is 0.818. The van der Waals surface area contributed by atoms with Crippen LogP contribution in [0.2, 0.25) is 0 Å². The van der Waals surface area contributed by atoms with Gasteiger partial charge in [0.15, 0.2) is 0 Å². The Morgan fingerprint density at radius 2 is 2.00 bits per heavy atom. The number of halogens is 4. The Kier molecular flexibility index (Phi) is 6.52. The number of hydrogen-bond donors (Lipinski definition) is 1. The number of carbonyl (C=O) groups excluding carboxylic acids is 1. The van der Waals surface area contributed by atoms with Crippen LogP contribution in [0.15, 0.2) is 0 Å². The highest BCUT2D eigenvalue weighted by atomic mass is 32.2. The molecule has 140 valence electrons. The Morgan fingerprint density at radius 1 is 1.42 bits per heavy atom. The van der Waals surface area contributed by atoms with E-state index in [1.165, 1.54) is 0 Å². The van der Waals surface area contributed by atoms with Gasteiger partial charge in [-0.25, -0.2) is 17.2 Å². The summed E-state index contributed by atoms with van der Waals surface area (Å²) in [5.74, 6) is -8.40. The van der Waals surface area contributed by atoms with Crippen LogP contribution in [0.5, 0.6) is 0 Å². The Morgan fingerprint density at radius 3 is 2.46 bits per heavy atom. The van der Waals surface area contributed by atoms with Gasteiger partial charge >= 0.3 is 18.3 Å². The van der Waals surface area contributed by atoms with Crippen molar-refractivity contribution in [3.8, 4) is 0 Å². The third kappa shape index (κ3) is 5.27. The van der Waals surface area contributed by atoms with Crippen molar-refractivity contribution in [1.29, 1.82) is 0 Å². The second kappa shape index (κ2) is 7.61. The number of nitrogens with zero attached hydrogens (tertiary/aromatic N) is 2. The topological polar surface area (TPSA) is 104 Å². The monoisotopic (exact) mass is 380 g/mol. The largest absolute Gasteiger partial charge is 0.480 e. The molecule has 1 amide bonds. The first-order valence-corrected chi connectivity index (χ1v) is 8.44. The summed E-state index contributed by atoms with van der Waals surface area (Å²) in [7, 11) is -3.94. The SMILES string of the molecule is CS(=O)(=O)N(CC(=O)O)CC1CN(C(=O)C(F)(F)C(F)F)CCO1. The summed E-state index contributed by atoms with van der Waals surface area (Å²) in [5.41, 5.74) is 0. The Bertz CT molecular complexity index is 585. The predicted octanol–water partition coefficient (Wildman–Crippen LogP) is -0.540. The molecule has 1 aliphatic heterocycles. The van der Waals surface area contributed by atoms with E-state index in [0.717, 1.165) is 6.26 Å². The van der Waals surface area contributed by atoms with Crippen molar-refractivity contribution in [1.82, 2.24) is 9.21 Å². The molecule has 1 N–H and O–H groups in total. The second-order valence-electron chi connectivity index (χ2n) is 5.12.